The van der Waals surface area contributed by atoms with Crippen LogP contribution in [0.3, 0.4) is 0 Å². The lowest BCUT2D eigenvalue weighted by molar-refractivity contribution is 0.0729. The number of carbonyl (C=O) groups excluding carboxylic acids is 1. The molecule has 1 aliphatic rings. The molecule has 1 aromatic heterocycles. The highest BCUT2D eigenvalue weighted by atomic mass is 35.5. The highest BCUT2D eigenvalue weighted by molar-refractivity contribution is 6.29. The van der Waals surface area contributed by atoms with Crippen LogP contribution in [-0.2, 0) is 0 Å². The van der Waals surface area contributed by atoms with Gasteiger partial charge in [0.1, 0.15) is 5.75 Å². The number of nitrogens with zero attached hydrogens (tertiary/aromatic N) is 2. The Morgan fingerprint density at radius 1 is 1.07 bits per heavy atom. The van der Waals surface area contributed by atoms with Gasteiger partial charge in [0.25, 0.3) is 5.88 Å². The van der Waals surface area contributed by atoms with Gasteiger partial charge in [-0.25, -0.2) is 4.79 Å². The van der Waals surface area contributed by atoms with Crippen molar-refractivity contribution in [3.05, 3.63) is 76.4 Å². The van der Waals surface area contributed by atoms with E-state index in [4.69, 9.17) is 21.1 Å². The number of carbonyl (C=O) groups is 1. The van der Waals surface area contributed by atoms with Crippen LogP contribution in [-0.4, -0.2) is 16.2 Å². The minimum Gasteiger partial charge on any atom is -0.434 e. The number of halogens is 1. The Kier molecular flexibility index (Phi) is 4.77. The third kappa shape index (κ3) is 3.93. The van der Waals surface area contributed by atoms with Gasteiger partial charge in [0, 0.05) is 6.07 Å². The average Bonchev–Trinajstić information content (AvgIpc) is 3.51. The minimum atomic E-state index is -0.517. The molecule has 0 aliphatic heterocycles. The lowest BCUT2D eigenvalue weighted by atomic mass is 10.1. The van der Waals surface area contributed by atoms with Crippen molar-refractivity contribution in [1.29, 1.82) is 0 Å². The Labute approximate surface area is 161 Å². The van der Waals surface area contributed by atoms with Crippen LogP contribution in [0.5, 0.6) is 17.4 Å². The number of hydrogen-bond acceptors (Lipinski definition) is 5. The van der Waals surface area contributed by atoms with Gasteiger partial charge in [0.2, 0.25) is 0 Å². The molecule has 27 heavy (non-hydrogen) atoms. The number of benzene rings is 2. The fraction of sp³-hybridized carbons (Fsp3) is 0.190. The lowest BCUT2D eigenvalue weighted by Gasteiger charge is -2.14. The standard InChI is InChI=1S/C21H17ClN2O3/c1-13-6-5-9-16(14-10-11-14)19(13)27-20-17(12-18(22)23-24-20)26-21(25)15-7-3-2-4-8-15/h2-9,12,14H,10-11H2,1H3. The maximum absolute atomic E-state index is 12.4. The van der Waals surface area contributed by atoms with E-state index in [9.17, 15) is 4.79 Å². The van der Waals surface area contributed by atoms with E-state index in [1.165, 1.54) is 6.07 Å². The summed E-state index contributed by atoms with van der Waals surface area (Å²) in [6.07, 6.45) is 2.28. The molecule has 1 saturated carbocycles. The fourth-order valence-electron chi connectivity index (χ4n) is 2.85. The predicted octanol–water partition coefficient (Wildman–Crippen LogP) is 5.33. The fourth-order valence-corrected chi connectivity index (χ4v) is 2.98. The van der Waals surface area contributed by atoms with Crippen LogP contribution in [0.2, 0.25) is 5.15 Å². The first-order valence-electron chi connectivity index (χ1n) is 8.69. The number of rotatable bonds is 5. The van der Waals surface area contributed by atoms with Gasteiger partial charge in [-0.1, -0.05) is 48.0 Å². The largest absolute Gasteiger partial charge is 0.434 e. The number of aryl methyl sites for hydroxylation is 1. The van der Waals surface area contributed by atoms with Gasteiger partial charge < -0.3 is 9.47 Å². The van der Waals surface area contributed by atoms with Crippen molar-refractivity contribution in [3.8, 4) is 17.4 Å². The van der Waals surface area contributed by atoms with Crippen molar-refractivity contribution in [2.75, 3.05) is 0 Å². The summed E-state index contributed by atoms with van der Waals surface area (Å²) in [7, 11) is 0. The SMILES string of the molecule is Cc1cccc(C2CC2)c1Oc1nnc(Cl)cc1OC(=O)c1ccccc1. The quantitative estimate of drug-likeness (QED) is 0.560. The highest BCUT2D eigenvalue weighted by Gasteiger charge is 2.28. The Morgan fingerprint density at radius 2 is 1.85 bits per heavy atom. The molecule has 0 unspecified atom stereocenters. The molecule has 1 aliphatic carbocycles. The minimum absolute atomic E-state index is 0.111. The van der Waals surface area contributed by atoms with Gasteiger partial charge in [0.15, 0.2) is 10.9 Å². The molecule has 6 heteroatoms. The van der Waals surface area contributed by atoms with Gasteiger partial charge in [0.05, 0.1) is 5.56 Å². The molecular formula is C21H17ClN2O3. The number of aromatic nitrogens is 2. The van der Waals surface area contributed by atoms with Crippen LogP contribution in [0.1, 0.15) is 40.2 Å². The summed E-state index contributed by atoms with van der Waals surface area (Å²) in [5.74, 6) is 0.953. The molecule has 0 bridgehead atoms. The summed E-state index contributed by atoms with van der Waals surface area (Å²) in [6, 6.07) is 16.2. The van der Waals surface area contributed by atoms with Gasteiger partial charge in [-0.3, -0.25) is 0 Å². The molecule has 0 atom stereocenters. The van der Waals surface area contributed by atoms with Crippen molar-refractivity contribution in [2.45, 2.75) is 25.7 Å². The number of hydrogen-bond donors (Lipinski definition) is 0. The Hall–Kier alpha value is -2.92. The van der Waals surface area contributed by atoms with Crippen LogP contribution >= 0.6 is 11.6 Å². The molecule has 3 aromatic rings. The maximum atomic E-state index is 12.4. The molecule has 5 nitrogen and oxygen atoms in total. The molecule has 2 aromatic carbocycles. The second-order valence-corrected chi connectivity index (χ2v) is 6.85. The zero-order valence-electron chi connectivity index (χ0n) is 14.7. The molecule has 0 spiro atoms. The number of para-hydroxylation sites is 1. The van der Waals surface area contributed by atoms with Gasteiger partial charge in [-0.15, -0.1) is 10.2 Å². The molecule has 4 rings (SSSR count). The van der Waals surface area contributed by atoms with Crippen LogP contribution in [0.15, 0.2) is 54.6 Å². The van der Waals surface area contributed by atoms with Crippen LogP contribution in [0.4, 0.5) is 0 Å². The molecule has 1 fully saturated rings. The van der Waals surface area contributed by atoms with E-state index < -0.39 is 5.97 Å². The van der Waals surface area contributed by atoms with Crippen molar-refractivity contribution in [2.24, 2.45) is 0 Å². The average molecular weight is 381 g/mol. The van der Waals surface area contributed by atoms with E-state index in [2.05, 4.69) is 16.3 Å². The third-order valence-corrected chi connectivity index (χ3v) is 4.55. The summed E-state index contributed by atoms with van der Waals surface area (Å²) >= 11 is 5.95. The van der Waals surface area contributed by atoms with E-state index >= 15 is 0 Å². The molecule has 1 heterocycles. The molecular weight excluding hydrogens is 364 g/mol. The van der Waals surface area contributed by atoms with Crippen LogP contribution in [0, 0.1) is 6.92 Å². The van der Waals surface area contributed by atoms with Gasteiger partial charge in [-0.05, 0) is 48.9 Å². The molecule has 0 radical (unpaired) electrons. The Bertz CT molecular complexity index is 988. The monoisotopic (exact) mass is 380 g/mol. The smallest absolute Gasteiger partial charge is 0.343 e. The zero-order valence-corrected chi connectivity index (χ0v) is 15.4. The maximum Gasteiger partial charge on any atom is 0.343 e. The number of esters is 1. The normalized spacial score (nSPS) is 13.3. The Balaban J connectivity index is 1.66. The summed E-state index contributed by atoms with van der Waals surface area (Å²) in [5.41, 5.74) is 2.54. The molecule has 136 valence electrons. The summed E-state index contributed by atoms with van der Waals surface area (Å²) in [6.45, 7) is 1.97. The number of ether oxygens (including phenoxy) is 2. The van der Waals surface area contributed by atoms with E-state index in [1.807, 2.05) is 25.1 Å². The van der Waals surface area contributed by atoms with E-state index in [-0.39, 0.29) is 16.8 Å². The second-order valence-electron chi connectivity index (χ2n) is 6.46. The van der Waals surface area contributed by atoms with Crippen molar-refractivity contribution in [3.63, 3.8) is 0 Å². The lowest BCUT2D eigenvalue weighted by Crippen LogP contribution is -2.10. The summed E-state index contributed by atoms with van der Waals surface area (Å²) in [4.78, 5) is 12.4. The first-order valence-corrected chi connectivity index (χ1v) is 9.07. The molecule has 0 amide bonds. The Morgan fingerprint density at radius 3 is 2.59 bits per heavy atom. The first-order chi connectivity index (χ1) is 13.1. The third-order valence-electron chi connectivity index (χ3n) is 4.37. The second kappa shape index (κ2) is 7.37. The molecule has 0 saturated heterocycles. The van der Waals surface area contributed by atoms with Crippen molar-refractivity contribution in [1.82, 2.24) is 10.2 Å². The predicted molar refractivity (Wildman–Crippen MR) is 102 cm³/mol. The van der Waals surface area contributed by atoms with E-state index in [0.29, 0.717) is 11.5 Å². The molecule has 0 N–H and O–H groups in total. The van der Waals surface area contributed by atoms with Gasteiger partial charge >= 0.3 is 5.97 Å². The van der Waals surface area contributed by atoms with Crippen LogP contribution in [0.25, 0.3) is 0 Å². The van der Waals surface area contributed by atoms with Crippen molar-refractivity contribution >= 4 is 17.6 Å². The van der Waals surface area contributed by atoms with Crippen molar-refractivity contribution < 1.29 is 14.3 Å². The van der Waals surface area contributed by atoms with E-state index in [0.717, 1.165) is 29.7 Å². The highest BCUT2D eigenvalue weighted by Crippen LogP contribution is 2.46. The van der Waals surface area contributed by atoms with Gasteiger partial charge in [-0.2, -0.15) is 0 Å². The zero-order chi connectivity index (χ0) is 18.8. The summed E-state index contributed by atoms with van der Waals surface area (Å²) < 4.78 is 11.5. The van der Waals surface area contributed by atoms with Crippen LogP contribution < -0.4 is 9.47 Å². The van der Waals surface area contributed by atoms with E-state index in [1.54, 1.807) is 24.3 Å². The first kappa shape index (κ1) is 17.5. The topological polar surface area (TPSA) is 61.3 Å². The summed E-state index contributed by atoms with van der Waals surface area (Å²) in [5, 5.41) is 7.95.